The maximum atomic E-state index is 12.5. The number of hydrogen-bond acceptors (Lipinski definition) is 4. The third-order valence-electron chi connectivity index (χ3n) is 4.76. The number of fused-ring (bicyclic) bond motifs is 1. The molecule has 2 aromatic rings. The predicted octanol–water partition coefficient (Wildman–Crippen LogP) is 5.09. The van der Waals surface area contributed by atoms with Gasteiger partial charge in [-0.15, -0.1) is 11.8 Å². The number of carboxylic acid groups (broad SMARTS) is 1. The van der Waals surface area contributed by atoms with Gasteiger partial charge in [0.05, 0.1) is 0 Å². The van der Waals surface area contributed by atoms with Gasteiger partial charge in [-0.2, -0.15) is 0 Å². The molecule has 2 aromatic carbocycles. The fourth-order valence-corrected chi connectivity index (χ4v) is 4.20. The number of aryl methyl sites for hydroxylation is 3. The van der Waals surface area contributed by atoms with Crippen LogP contribution in [-0.2, 0) is 11.2 Å². The fraction of sp³-hybridized carbons (Fsp3) is 0.304. The molecule has 5 heteroatoms. The Morgan fingerprint density at radius 1 is 1.14 bits per heavy atom. The molecule has 28 heavy (non-hydrogen) atoms. The molecule has 0 saturated heterocycles. The number of aliphatic carboxylic acids is 1. The van der Waals surface area contributed by atoms with Crippen molar-refractivity contribution in [2.75, 3.05) is 5.75 Å². The maximum absolute atomic E-state index is 12.5. The summed E-state index contributed by atoms with van der Waals surface area (Å²) in [5, 5.41) is 9.28. The number of benzene rings is 2. The van der Waals surface area contributed by atoms with Crippen molar-refractivity contribution in [1.82, 2.24) is 0 Å². The zero-order chi connectivity index (χ0) is 20.5. The molecule has 0 fully saturated rings. The minimum atomic E-state index is -1.31. The average Bonchev–Trinajstić information content (AvgIpc) is 3.10. The van der Waals surface area contributed by atoms with Gasteiger partial charge in [-0.05, 0) is 92.8 Å². The van der Waals surface area contributed by atoms with Gasteiger partial charge in [-0.1, -0.05) is 6.08 Å². The highest BCUT2D eigenvalue weighted by Crippen LogP contribution is 2.32. The Morgan fingerprint density at radius 3 is 2.46 bits per heavy atom. The summed E-state index contributed by atoms with van der Waals surface area (Å²) in [6.07, 6.45) is 4.38. The van der Waals surface area contributed by atoms with E-state index in [0.29, 0.717) is 11.3 Å². The largest absolute Gasteiger partial charge is 0.478 e. The molecule has 0 unspecified atom stereocenters. The zero-order valence-electron chi connectivity index (χ0n) is 16.5. The van der Waals surface area contributed by atoms with Crippen LogP contribution in [-0.4, -0.2) is 28.2 Å². The number of hydrogen-bond donors (Lipinski definition) is 1. The number of rotatable bonds is 6. The van der Waals surface area contributed by atoms with Crippen LogP contribution in [0, 0.1) is 13.8 Å². The second kappa shape index (κ2) is 7.84. The lowest BCUT2D eigenvalue weighted by Crippen LogP contribution is -2.38. The molecule has 0 amide bonds. The summed E-state index contributed by atoms with van der Waals surface area (Å²) in [6, 6.07) is 9.68. The number of carboxylic acids is 1. The van der Waals surface area contributed by atoms with E-state index >= 15 is 0 Å². The number of ketones is 1. The number of carbonyl (C=O) groups is 2. The molecular weight excluding hydrogens is 372 g/mol. The number of ether oxygens (including phenoxy) is 1. The van der Waals surface area contributed by atoms with Crippen molar-refractivity contribution >= 4 is 29.6 Å². The molecule has 0 saturated carbocycles. The van der Waals surface area contributed by atoms with E-state index in [0.717, 1.165) is 28.9 Å². The third kappa shape index (κ3) is 4.30. The van der Waals surface area contributed by atoms with Gasteiger partial charge in [-0.25, -0.2) is 4.79 Å². The summed E-state index contributed by atoms with van der Waals surface area (Å²) in [6.45, 7) is 6.79. The maximum Gasteiger partial charge on any atom is 0.347 e. The van der Waals surface area contributed by atoms with E-state index in [1.54, 1.807) is 12.2 Å². The molecule has 1 aliphatic rings. The second-order valence-electron chi connectivity index (χ2n) is 7.52. The van der Waals surface area contributed by atoms with E-state index in [-0.39, 0.29) is 5.78 Å². The van der Waals surface area contributed by atoms with Crippen LogP contribution in [0.2, 0.25) is 0 Å². The minimum Gasteiger partial charge on any atom is -0.478 e. The standard InChI is InChI=1S/C23H24O4S/c1-14-11-16(12-15(2)21(14)27-23(3,4)22(25)26)5-7-19(24)17-6-8-20-18(13-17)9-10-28-20/h5-8,11-13H,9-10H2,1-4H3,(H,25,26). The highest BCUT2D eigenvalue weighted by molar-refractivity contribution is 7.99. The van der Waals surface area contributed by atoms with Crippen LogP contribution in [0.1, 0.15) is 46.5 Å². The first kappa shape index (κ1) is 20.2. The van der Waals surface area contributed by atoms with E-state index in [1.807, 2.05) is 55.9 Å². The third-order valence-corrected chi connectivity index (χ3v) is 5.87. The van der Waals surface area contributed by atoms with Gasteiger partial charge in [-0.3, -0.25) is 4.79 Å². The molecular formula is C23H24O4S. The van der Waals surface area contributed by atoms with Gasteiger partial charge in [0.15, 0.2) is 11.4 Å². The van der Waals surface area contributed by atoms with Crippen LogP contribution >= 0.6 is 11.8 Å². The first-order valence-electron chi connectivity index (χ1n) is 9.19. The van der Waals surface area contributed by atoms with Crippen LogP contribution in [0.25, 0.3) is 6.08 Å². The van der Waals surface area contributed by atoms with E-state index < -0.39 is 11.6 Å². The fourth-order valence-electron chi connectivity index (χ4n) is 3.15. The van der Waals surface area contributed by atoms with Crippen molar-refractivity contribution in [1.29, 1.82) is 0 Å². The van der Waals surface area contributed by atoms with Crippen LogP contribution < -0.4 is 4.74 Å². The van der Waals surface area contributed by atoms with Gasteiger partial charge < -0.3 is 9.84 Å². The van der Waals surface area contributed by atoms with Crippen LogP contribution in [0.3, 0.4) is 0 Å². The molecule has 0 atom stereocenters. The van der Waals surface area contributed by atoms with Gasteiger partial charge in [0.1, 0.15) is 5.75 Å². The van der Waals surface area contributed by atoms with Crippen molar-refractivity contribution in [3.05, 3.63) is 64.2 Å². The van der Waals surface area contributed by atoms with Crippen molar-refractivity contribution in [3.63, 3.8) is 0 Å². The summed E-state index contributed by atoms with van der Waals surface area (Å²) in [5.74, 6) is 0.594. The topological polar surface area (TPSA) is 63.6 Å². The van der Waals surface area contributed by atoms with Gasteiger partial charge in [0.2, 0.25) is 0 Å². The second-order valence-corrected chi connectivity index (χ2v) is 8.66. The molecule has 0 bridgehead atoms. The summed E-state index contributed by atoms with van der Waals surface area (Å²) in [7, 11) is 0. The van der Waals surface area contributed by atoms with E-state index in [9.17, 15) is 14.7 Å². The quantitative estimate of drug-likeness (QED) is 0.544. The molecule has 4 nitrogen and oxygen atoms in total. The van der Waals surface area contributed by atoms with Crippen LogP contribution in [0.4, 0.5) is 0 Å². The molecule has 0 radical (unpaired) electrons. The molecule has 1 heterocycles. The van der Waals surface area contributed by atoms with Crippen molar-refractivity contribution in [2.24, 2.45) is 0 Å². The molecule has 0 spiro atoms. The van der Waals surface area contributed by atoms with Gasteiger partial charge in [0, 0.05) is 16.2 Å². The Kier molecular flexibility index (Phi) is 5.66. The SMILES string of the molecule is Cc1cc(C=CC(=O)c2ccc3c(c2)CCS3)cc(C)c1OC(C)(C)C(=O)O. The Bertz CT molecular complexity index is 950. The normalized spacial score (nSPS) is 13.6. The summed E-state index contributed by atoms with van der Waals surface area (Å²) < 4.78 is 5.72. The van der Waals surface area contributed by atoms with E-state index in [1.165, 1.54) is 24.3 Å². The lowest BCUT2D eigenvalue weighted by Gasteiger charge is -2.24. The van der Waals surface area contributed by atoms with E-state index in [4.69, 9.17) is 4.74 Å². The summed E-state index contributed by atoms with van der Waals surface area (Å²) in [5.41, 5.74) is 3.18. The lowest BCUT2D eigenvalue weighted by molar-refractivity contribution is -0.152. The Morgan fingerprint density at radius 2 is 1.82 bits per heavy atom. The molecule has 1 aliphatic heterocycles. The van der Waals surface area contributed by atoms with Crippen LogP contribution in [0.5, 0.6) is 5.75 Å². The molecule has 0 aromatic heterocycles. The zero-order valence-corrected chi connectivity index (χ0v) is 17.4. The number of allylic oxidation sites excluding steroid dienone is 1. The van der Waals surface area contributed by atoms with Crippen LogP contribution in [0.15, 0.2) is 41.3 Å². The molecule has 3 rings (SSSR count). The first-order valence-corrected chi connectivity index (χ1v) is 10.2. The van der Waals surface area contributed by atoms with Crippen molar-refractivity contribution in [2.45, 2.75) is 44.6 Å². The van der Waals surface area contributed by atoms with E-state index in [2.05, 4.69) is 0 Å². The predicted molar refractivity (Wildman–Crippen MR) is 112 cm³/mol. The minimum absolute atomic E-state index is 0.0256. The lowest BCUT2D eigenvalue weighted by atomic mass is 10.0. The Balaban J connectivity index is 1.79. The monoisotopic (exact) mass is 396 g/mol. The average molecular weight is 397 g/mol. The molecule has 1 N–H and O–H groups in total. The Labute approximate surface area is 169 Å². The van der Waals surface area contributed by atoms with Gasteiger partial charge >= 0.3 is 5.97 Å². The van der Waals surface area contributed by atoms with Crippen molar-refractivity contribution in [3.8, 4) is 5.75 Å². The molecule has 146 valence electrons. The summed E-state index contributed by atoms with van der Waals surface area (Å²) in [4.78, 5) is 25.1. The number of thioether (sulfide) groups is 1. The summed E-state index contributed by atoms with van der Waals surface area (Å²) >= 11 is 1.83. The van der Waals surface area contributed by atoms with Gasteiger partial charge in [0.25, 0.3) is 0 Å². The highest BCUT2D eigenvalue weighted by atomic mass is 32.2. The van der Waals surface area contributed by atoms with Crippen molar-refractivity contribution < 1.29 is 19.4 Å². The number of carbonyl (C=O) groups excluding carboxylic acids is 1. The first-order chi connectivity index (χ1) is 13.2. The highest BCUT2D eigenvalue weighted by Gasteiger charge is 2.30. The Hall–Kier alpha value is -2.53. The smallest absolute Gasteiger partial charge is 0.347 e. The molecule has 0 aliphatic carbocycles.